The SMILES string of the molecule is COc1ccc([C@@H]2[C@@H](CO)OCCN2C(=O)c2cccc3ncccc23)cc1OC. The van der Waals surface area contributed by atoms with E-state index >= 15 is 0 Å². The lowest BCUT2D eigenvalue weighted by Gasteiger charge is -2.41. The normalized spacial score (nSPS) is 19.0. The van der Waals surface area contributed by atoms with Crippen molar-refractivity contribution in [1.29, 1.82) is 0 Å². The van der Waals surface area contributed by atoms with Gasteiger partial charge >= 0.3 is 0 Å². The molecule has 2 atom stereocenters. The van der Waals surface area contributed by atoms with Gasteiger partial charge in [0.2, 0.25) is 0 Å². The molecule has 2 heterocycles. The first-order chi connectivity index (χ1) is 14.7. The Labute approximate surface area is 174 Å². The minimum Gasteiger partial charge on any atom is -0.493 e. The largest absolute Gasteiger partial charge is 0.493 e. The van der Waals surface area contributed by atoms with Crippen LogP contribution in [0.2, 0.25) is 0 Å². The van der Waals surface area contributed by atoms with Crippen LogP contribution in [0.25, 0.3) is 10.9 Å². The lowest BCUT2D eigenvalue weighted by atomic mass is 9.96. The van der Waals surface area contributed by atoms with Crippen LogP contribution in [0.15, 0.2) is 54.7 Å². The number of hydrogen-bond donors (Lipinski definition) is 1. The van der Waals surface area contributed by atoms with Gasteiger partial charge in [-0.2, -0.15) is 0 Å². The highest BCUT2D eigenvalue weighted by Crippen LogP contribution is 2.36. The van der Waals surface area contributed by atoms with E-state index in [9.17, 15) is 9.90 Å². The fourth-order valence-corrected chi connectivity index (χ4v) is 3.99. The van der Waals surface area contributed by atoms with Crippen molar-refractivity contribution in [3.63, 3.8) is 0 Å². The van der Waals surface area contributed by atoms with Gasteiger partial charge in [-0.15, -0.1) is 0 Å². The molecule has 30 heavy (non-hydrogen) atoms. The van der Waals surface area contributed by atoms with Crippen LogP contribution in [0.1, 0.15) is 22.0 Å². The monoisotopic (exact) mass is 408 g/mol. The lowest BCUT2D eigenvalue weighted by molar-refractivity contribution is -0.0811. The molecule has 0 saturated carbocycles. The van der Waals surface area contributed by atoms with Crippen molar-refractivity contribution in [2.75, 3.05) is 34.0 Å². The van der Waals surface area contributed by atoms with Gasteiger partial charge in [-0.1, -0.05) is 18.2 Å². The highest BCUT2D eigenvalue weighted by molar-refractivity contribution is 6.06. The average molecular weight is 408 g/mol. The molecule has 0 aliphatic carbocycles. The van der Waals surface area contributed by atoms with Gasteiger partial charge < -0.3 is 24.2 Å². The summed E-state index contributed by atoms with van der Waals surface area (Å²) in [6.07, 6.45) is 1.16. The summed E-state index contributed by atoms with van der Waals surface area (Å²) in [5, 5.41) is 10.8. The molecule has 0 unspecified atom stereocenters. The number of ether oxygens (including phenoxy) is 3. The molecule has 1 amide bonds. The van der Waals surface area contributed by atoms with Crippen LogP contribution < -0.4 is 9.47 Å². The molecule has 1 aliphatic rings. The Bertz CT molecular complexity index is 1050. The summed E-state index contributed by atoms with van der Waals surface area (Å²) in [5.74, 6) is 1.02. The van der Waals surface area contributed by atoms with Gasteiger partial charge in [0.05, 0.1) is 39.0 Å². The number of rotatable bonds is 5. The number of nitrogens with zero attached hydrogens (tertiary/aromatic N) is 2. The third-order valence-electron chi connectivity index (χ3n) is 5.42. The maximum absolute atomic E-state index is 13.6. The fraction of sp³-hybridized carbons (Fsp3) is 0.304. The number of morpholine rings is 1. The van der Waals surface area contributed by atoms with E-state index in [2.05, 4.69) is 4.98 Å². The van der Waals surface area contributed by atoms with E-state index in [0.717, 1.165) is 16.5 Å². The molecular weight excluding hydrogens is 384 g/mol. The summed E-state index contributed by atoms with van der Waals surface area (Å²) in [7, 11) is 3.14. The Morgan fingerprint density at radius 2 is 2.00 bits per heavy atom. The number of amides is 1. The van der Waals surface area contributed by atoms with E-state index in [0.29, 0.717) is 30.2 Å². The molecule has 1 aliphatic heterocycles. The van der Waals surface area contributed by atoms with Crippen LogP contribution in [0, 0.1) is 0 Å². The first-order valence-corrected chi connectivity index (χ1v) is 9.77. The van der Waals surface area contributed by atoms with Crippen LogP contribution in [0.5, 0.6) is 11.5 Å². The van der Waals surface area contributed by atoms with E-state index in [1.165, 1.54) is 0 Å². The standard InChI is InChI=1S/C23H24N2O5/c1-28-19-9-8-15(13-20(19)29-2)22-21(14-26)30-12-11-25(22)23(27)17-5-3-7-18-16(17)6-4-10-24-18/h3-10,13,21-22,26H,11-12,14H2,1-2H3/t21-,22-/m1/s1. The summed E-state index contributed by atoms with van der Waals surface area (Å²) < 4.78 is 16.6. The Morgan fingerprint density at radius 3 is 2.77 bits per heavy atom. The zero-order valence-electron chi connectivity index (χ0n) is 16.9. The zero-order chi connectivity index (χ0) is 21.1. The fourth-order valence-electron chi connectivity index (χ4n) is 3.99. The van der Waals surface area contributed by atoms with Gasteiger partial charge in [0.15, 0.2) is 11.5 Å². The zero-order valence-corrected chi connectivity index (χ0v) is 16.9. The van der Waals surface area contributed by atoms with Crippen molar-refractivity contribution in [2.24, 2.45) is 0 Å². The van der Waals surface area contributed by atoms with E-state index in [-0.39, 0.29) is 12.5 Å². The van der Waals surface area contributed by atoms with Gasteiger partial charge in [0, 0.05) is 23.7 Å². The highest BCUT2D eigenvalue weighted by Gasteiger charge is 2.37. The number of pyridine rings is 1. The minimum atomic E-state index is -0.547. The van der Waals surface area contributed by atoms with Crippen LogP contribution >= 0.6 is 0 Å². The first kappa shape index (κ1) is 20.1. The van der Waals surface area contributed by atoms with Crippen molar-refractivity contribution in [1.82, 2.24) is 9.88 Å². The molecule has 0 bridgehead atoms. The summed E-state index contributed by atoms with van der Waals surface area (Å²) in [6, 6.07) is 14.3. The van der Waals surface area contributed by atoms with Crippen LogP contribution in [-0.4, -0.2) is 61.0 Å². The van der Waals surface area contributed by atoms with Crippen LogP contribution in [0.4, 0.5) is 0 Å². The maximum Gasteiger partial charge on any atom is 0.255 e. The second-order valence-corrected chi connectivity index (χ2v) is 7.03. The predicted octanol–water partition coefficient (Wildman–Crippen LogP) is 2.83. The Balaban J connectivity index is 1.78. The minimum absolute atomic E-state index is 0.130. The van der Waals surface area contributed by atoms with E-state index < -0.39 is 12.1 Å². The quantitative estimate of drug-likeness (QED) is 0.699. The molecule has 7 heteroatoms. The molecule has 7 nitrogen and oxygen atoms in total. The van der Waals surface area contributed by atoms with Gasteiger partial charge in [-0.25, -0.2) is 0 Å². The third-order valence-corrected chi connectivity index (χ3v) is 5.42. The Morgan fingerprint density at radius 1 is 1.17 bits per heavy atom. The lowest BCUT2D eigenvalue weighted by Crippen LogP contribution is -2.49. The van der Waals surface area contributed by atoms with Crippen molar-refractivity contribution in [3.05, 3.63) is 65.9 Å². The van der Waals surface area contributed by atoms with Gasteiger partial charge in [0.1, 0.15) is 6.10 Å². The number of aromatic nitrogens is 1. The van der Waals surface area contributed by atoms with E-state index in [1.807, 2.05) is 36.4 Å². The van der Waals surface area contributed by atoms with Crippen LogP contribution in [0.3, 0.4) is 0 Å². The summed E-state index contributed by atoms with van der Waals surface area (Å²) in [4.78, 5) is 19.8. The highest BCUT2D eigenvalue weighted by atomic mass is 16.5. The number of aliphatic hydroxyl groups excluding tert-OH is 1. The number of aliphatic hydroxyl groups is 1. The van der Waals surface area contributed by atoms with Crippen molar-refractivity contribution in [2.45, 2.75) is 12.1 Å². The maximum atomic E-state index is 13.6. The molecule has 1 saturated heterocycles. The van der Waals surface area contributed by atoms with Crippen molar-refractivity contribution >= 4 is 16.8 Å². The molecule has 0 spiro atoms. The summed E-state index contributed by atoms with van der Waals surface area (Å²) in [6.45, 7) is 0.550. The number of carbonyl (C=O) groups is 1. The molecule has 4 rings (SSSR count). The first-order valence-electron chi connectivity index (χ1n) is 9.77. The summed E-state index contributed by atoms with van der Waals surface area (Å²) in [5.41, 5.74) is 2.14. The molecule has 2 aromatic carbocycles. The predicted molar refractivity (Wildman–Crippen MR) is 112 cm³/mol. The Hall–Kier alpha value is -3.16. The van der Waals surface area contributed by atoms with Crippen molar-refractivity contribution in [3.8, 4) is 11.5 Å². The van der Waals surface area contributed by atoms with Crippen molar-refractivity contribution < 1.29 is 24.1 Å². The number of fused-ring (bicyclic) bond motifs is 1. The molecular formula is C23H24N2O5. The molecule has 3 aromatic rings. The smallest absolute Gasteiger partial charge is 0.255 e. The van der Waals surface area contributed by atoms with Gasteiger partial charge in [0.25, 0.3) is 5.91 Å². The van der Waals surface area contributed by atoms with Gasteiger partial charge in [-0.3, -0.25) is 9.78 Å². The summed E-state index contributed by atoms with van der Waals surface area (Å²) >= 11 is 0. The number of methoxy groups -OCH3 is 2. The van der Waals surface area contributed by atoms with Crippen LogP contribution in [-0.2, 0) is 4.74 Å². The van der Waals surface area contributed by atoms with E-state index in [4.69, 9.17) is 14.2 Å². The van der Waals surface area contributed by atoms with E-state index in [1.54, 1.807) is 37.4 Å². The third kappa shape index (κ3) is 3.58. The Kier molecular flexibility index (Phi) is 5.83. The average Bonchev–Trinajstić information content (AvgIpc) is 2.82. The second-order valence-electron chi connectivity index (χ2n) is 7.03. The molecule has 0 radical (unpaired) electrons. The molecule has 156 valence electrons. The number of hydrogen-bond acceptors (Lipinski definition) is 6. The number of benzene rings is 2. The topological polar surface area (TPSA) is 81.1 Å². The van der Waals surface area contributed by atoms with Gasteiger partial charge in [-0.05, 0) is 35.9 Å². The number of carbonyl (C=O) groups excluding carboxylic acids is 1. The molecule has 1 fully saturated rings. The molecule has 1 N–H and O–H groups in total. The second kappa shape index (κ2) is 8.69. The molecule has 1 aromatic heterocycles.